The summed E-state index contributed by atoms with van der Waals surface area (Å²) in [4.78, 5) is 0. The zero-order valence-electron chi connectivity index (χ0n) is 9.22. The third kappa shape index (κ3) is 1.97. The Morgan fingerprint density at radius 2 is 2.00 bits per heavy atom. The maximum atomic E-state index is 13.7. The van der Waals surface area contributed by atoms with Crippen molar-refractivity contribution in [1.29, 1.82) is 0 Å². The van der Waals surface area contributed by atoms with E-state index in [1.165, 1.54) is 31.2 Å². The minimum absolute atomic E-state index is 0.119. The van der Waals surface area contributed by atoms with Crippen molar-refractivity contribution in [3.63, 3.8) is 0 Å². The first-order valence-corrected chi connectivity index (χ1v) is 5.65. The molecule has 0 aliphatic heterocycles. The van der Waals surface area contributed by atoms with Crippen LogP contribution in [0.2, 0.25) is 0 Å². The standard InChI is InChI=1S/C14H17F/c1-3-13-10(2)8-12(9-14(13)15)11-6-4-5-7-11/h3,8-9,11H,1,4-7H2,2H3. The van der Waals surface area contributed by atoms with E-state index < -0.39 is 0 Å². The van der Waals surface area contributed by atoms with Gasteiger partial charge in [-0.1, -0.05) is 31.6 Å². The Balaban J connectivity index is 2.37. The molecular weight excluding hydrogens is 187 g/mol. The molecule has 1 aliphatic carbocycles. The van der Waals surface area contributed by atoms with E-state index >= 15 is 0 Å². The third-order valence-electron chi connectivity index (χ3n) is 3.39. The van der Waals surface area contributed by atoms with Crippen LogP contribution >= 0.6 is 0 Å². The first-order chi connectivity index (χ1) is 7.22. The zero-order chi connectivity index (χ0) is 10.8. The molecule has 1 aliphatic rings. The molecule has 0 saturated heterocycles. The van der Waals surface area contributed by atoms with Crippen molar-refractivity contribution in [2.24, 2.45) is 0 Å². The predicted molar refractivity (Wildman–Crippen MR) is 62.4 cm³/mol. The van der Waals surface area contributed by atoms with Crippen molar-refractivity contribution in [2.45, 2.75) is 38.5 Å². The van der Waals surface area contributed by atoms with E-state index in [1.807, 2.05) is 6.92 Å². The lowest BCUT2D eigenvalue weighted by Gasteiger charge is -2.12. The van der Waals surface area contributed by atoms with Crippen molar-refractivity contribution in [1.82, 2.24) is 0 Å². The molecule has 0 amide bonds. The quantitative estimate of drug-likeness (QED) is 0.668. The molecule has 0 spiro atoms. The molecule has 0 radical (unpaired) electrons. The molecule has 1 saturated carbocycles. The highest BCUT2D eigenvalue weighted by Gasteiger charge is 2.18. The Hall–Kier alpha value is -1.11. The molecule has 1 heteroatoms. The van der Waals surface area contributed by atoms with E-state index in [0.29, 0.717) is 11.5 Å². The second kappa shape index (κ2) is 4.18. The minimum Gasteiger partial charge on any atom is -0.206 e. The average Bonchev–Trinajstić information content (AvgIpc) is 2.69. The summed E-state index contributed by atoms with van der Waals surface area (Å²) in [6, 6.07) is 3.82. The van der Waals surface area contributed by atoms with Gasteiger partial charge in [-0.2, -0.15) is 0 Å². The number of rotatable bonds is 2. The SMILES string of the molecule is C=Cc1c(C)cc(C2CCCC2)cc1F. The van der Waals surface area contributed by atoms with Gasteiger partial charge in [0, 0.05) is 5.56 Å². The highest BCUT2D eigenvalue weighted by atomic mass is 19.1. The number of hydrogen-bond acceptors (Lipinski definition) is 0. The van der Waals surface area contributed by atoms with Crippen molar-refractivity contribution in [3.05, 3.63) is 41.2 Å². The Morgan fingerprint density at radius 1 is 1.33 bits per heavy atom. The molecule has 1 aromatic carbocycles. The molecule has 1 fully saturated rings. The molecule has 0 N–H and O–H groups in total. The average molecular weight is 204 g/mol. The number of halogens is 1. The highest BCUT2D eigenvalue weighted by molar-refractivity contribution is 5.53. The lowest BCUT2D eigenvalue weighted by molar-refractivity contribution is 0.614. The molecule has 0 atom stereocenters. The fourth-order valence-electron chi connectivity index (χ4n) is 2.54. The molecule has 0 unspecified atom stereocenters. The normalized spacial score (nSPS) is 16.9. The summed E-state index contributed by atoms with van der Waals surface area (Å²) in [5, 5.41) is 0. The summed E-state index contributed by atoms with van der Waals surface area (Å²) in [5.41, 5.74) is 2.83. The Bertz CT molecular complexity index is 350. The van der Waals surface area contributed by atoms with Crippen LogP contribution in [0.4, 0.5) is 4.39 Å². The maximum absolute atomic E-state index is 13.7. The predicted octanol–water partition coefficient (Wildman–Crippen LogP) is 4.43. The summed E-state index contributed by atoms with van der Waals surface area (Å²) >= 11 is 0. The molecule has 0 aromatic heterocycles. The summed E-state index contributed by atoms with van der Waals surface area (Å²) in [6.45, 7) is 5.60. The first-order valence-electron chi connectivity index (χ1n) is 5.65. The lowest BCUT2D eigenvalue weighted by atomic mass is 9.94. The van der Waals surface area contributed by atoms with E-state index in [-0.39, 0.29) is 5.82 Å². The van der Waals surface area contributed by atoms with E-state index in [0.717, 1.165) is 5.56 Å². The highest BCUT2D eigenvalue weighted by Crippen LogP contribution is 2.35. The molecule has 80 valence electrons. The number of hydrogen-bond donors (Lipinski definition) is 0. The second-order valence-corrected chi connectivity index (χ2v) is 4.42. The van der Waals surface area contributed by atoms with Gasteiger partial charge in [-0.05, 0) is 42.9 Å². The van der Waals surface area contributed by atoms with Gasteiger partial charge in [0.1, 0.15) is 5.82 Å². The van der Waals surface area contributed by atoms with Crippen LogP contribution in [0.15, 0.2) is 18.7 Å². The molecule has 2 rings (SSSR count). The fourth-order valence-corrected chi connectivity index (χ4v) is 2.54. The minimum atomic E-state index is -0.119. The van der Waals surface area contributed by atoms with Gasteiger partial charge < -0.3 is 0 Å². The topological polar surface area (TPSA) is 0 Å². The van der Waals surface area contributed by atoms with Crippen LogP contribution in [0, 0.1) is 12.7 Å². The van der Waals surface area contributed by atoms with Gasteiger partial charge in [-0.25, -0.2) is 4.39 Å². The maximum Gasteiger partial charge on any atom is 0.130 e. The lowest BCUT2D eigenvalue weighted by Crippen LogP contribution is -1.97. The molecule has 0 bridgehead atoms. The van der Waals surface area contributed by atoms with Crippen LogP contribution < -0.4 is 0 Å². The third-order valence-corrected chi connectivity index (χ3v) is 3.39. The summed E-state index contributed by atoms with van der Waals surface area (Å²) < 4.78 is 13.7. The number of benzene rings is 1. The van der Waals surface area contributed by atoms with Crippen LogP contribution in [0.5, 0.6) is 0 Å². The van der Waals surface area contributed by atoms with Gasteiger partial charge in [0.25, 0.3) is 0 Å². The van der Waals surface area contributed by atoms with Crippen LogP contribution in [-0.4, -0.2) is 0 Å². The monoisotopic (exact) mass is 204 g/mol. The van der Waals surface area contributed by atoms with Gasteiger partial charge in [-0.3, -0.25) is 0 Å². The van der Waals surface area contributed by atoms with Gasteiger partial charge in [0.05, 0.1) is 0 Å². The first kappa shape index (κ1) is 10.4. The molecular formula is C14H17F. The zero-order valence-corrected chi connectivity index (χ0v) is 9.22. The van der Waals surface area contributed by atoms with E-state index in [9.17, 15) is 4.39 Å². The molecule has 0 nitrogen and oxygen atoms in total. The molecule has 0 heterocycles. The van der Waals surface area contributed by atoms with Crippen LogP contribution in [0.25, 0.3) is 6.08 Å². The van der Waals surface area contributed by atoms with Gasteiger partial charge in [0.2, 0.25) is 0 Å². The van der Waals surface area contributed by atoms with Crippen molar-refractivity contribution < 1.29 is 4.39 Å². The van der Waals surface area contributed by atoms with Crippen LogP contribution in [0.1, 0.15) is 48.3 Å². The molecule has 15 heavy (non-hydrogen) atoms. The number of aryl methyl sites for hydroxylation is 1. The smallest absolute Gasteiger partial charge is 0.130 e. The van der Waals surface area contributed by atoms with Crippen LogP contribution in [0.3, 0.4) is 0 Å². The fraction of sp³-hybridized carbons (Fsp3) is 0.429. The van der Waals surface area contributed by atoms with Gasteiger partial charge >= 0.3 is 0 Å². The van der Waals surface area contributed by atoms with Gasteiger partial charge in [0.15, 0.2) is 0 Å². The Kier molecular flexibility index (Phi) is 2.90. The summed E-state index contributed by atoms with van der Waals surface area (Å²) in [7, 11) is 0. The Labute approximate surface area is 90.8 Å². The molecule has 1 aromatic rings. The largest absolute Gasteiger partial charge is 0.206 e. The Morgan fingerprint density at radius 3 is 2.53 bits per heavy atom. The van der Waals surface area contributed by atoms with E-state index in [2.05, 4.69) is 12.6 Å². The van der Waals surface area contributed by atoms with E-state index in [1.54, 1.807) is 12.1 Å². The van der Waals surface area contributed by atoms with Gasteiger partial charge in [-0.15, -0.1) is 0 Å². The summed E-state index contributed by atoms with van der Waals surface area (Å²) in [6.07, 6.45) is 6.60. The summed E-state index contributed by atoms with van der Waals surface area (Å²) in [5.74, 6) is 0.462. The van der Waals surface area contributed by atoms with Crippen molar-refractivity contribution in [2.75, 3.05) is 0 Å². The second-order valence-electron chi connectivity index (χ2n) is 4.42. The van der Waals surface area contributed by atoms with Crippen LogP contribution in [-0.2, 0) is 0 Å². The van der Waals surface area contributed by atoms with Crippen molar-refractivity contribution in [3.8, 4) is 0 Å². The van der Waals surface area contributed by atoms with Crippen molar-refractivity contribution >= 4 is 6.08 Å². The van der Waals surface area contributed by atoms with E-state index in [4.69, 9.17) is 0 Å².